The average Bonchev–Trinajstić information content (AvgIpc) is 3.01. The van der Waals surface area contributed by atoms with Crippen LogP contribution in [0.25, 0.3) is 11.2 Å². The number of fused-ring (bicyclic) bond motifs is 1. The Morgan fingerprint density at radius 3 is 2.78 bits per heavy atom. The fourth-order valence-electron chi connectivity index (χ4n) is 2.44. The Morgan fingerprint density at radius 2 is 2.13 bits per heavy atom. The summed E-state index contributed by atoms with van der Waals surface area (Å²) in [5.41, 5.74) is 6.21. The van der Waals surface area contributed by atoms with Crippen LogP contribution in [0.4, 0.5) is 5.82 Å². The first-order chi connectivity index (χ1) is 10.8. The molecule has 2 aromatic heterocycles. The molecule has 1 aliphatic rings. The lowest BCUT2D eigenvalue weighted by atomic mass is 10.1. The van der Waals surface area contributed by atoms with E-state index < -0.39 is 39.0 Å². The third kappa shape index (κ3) is 2.93. The van der Waals surface area contributed by atoms with Gasteiger partial charge in [-0.05, 0) is 0 Å². The van der Waals surface area contributed by atoms with Gasteiger partial charge in [-0.15, -0.1) is 0 Å². The molecule has 2 aromatic rings. The number of nitrogens with two attached hydrogens (primary N) is 1. The number of ether oxygens (including phenoxy) is 1. The molecule has 2 unspecified atom stereocenters. The molecule has 13 heteroatoms. The van der Waals surface area contributed by atoms with E-state index in [4.69, 9.17) is 20.3 Å². The first kappa shape index (κ1) is 16.2. The molecule has 0 saturated carbocycles. The fourth-order valence-corrected chi connectivity index (χ4v) is 3.02. The van der Waals surface area contributed by atoms with Crippen LogP contribution in [0.1, 0.15) is 6.23 Å². The number of aliphatic hydroxyl groups is 2. The molecule has 3 rings (SSSR count). The number of phosphoric acid groups is 1. The van der Waals surface area contributed by atoms with Gasteiger partial charge in [0.1, 0.15) is 30.2 Å². The number of hydrogen-bond donors (Lipinski definition) is 5. The summed E-state index contributed by atoms with van der Waals surface area (Å²) in [4.78, 5) is 29.6. The lowest BCUT2D eigenvalue weighted by Gasteiger charge is -2.19. The SMILES string of the molecule is Nc1ncnc2c1ncn2[C@@H]1O[C@H](CO)C(OP(=O)(O)O)C1O. The first-order valence-electron chi connectivity index (χ1n) is 6.43. The zero-order valence-corrected chi connectivity index (χ0v) is 12.4. The van der Waals surface area contributed by atoms with Crippen molar-refractivity contribution in [2.45, 2.75) is 24.5 Å². The van der Waals surface area contributed by atoms with Crippen molar-refractivity contribution in [2.75, 3.05) is 12.3 Å². The van der Waals surface area contributed by atoms with Crippen LogP contribution in [-0.4, -0.2) is 64.4 Å². The topological polar surface area (TPSA) is 186 Å². The van der Waals surface area contributed by atoms with Crippen LogP contribution < -0.4 is 5.73 Å². The van der Waals surface area contributed by atoms with Crippen LogP contribution in [-0.2, 0) is 13.8 Å². The van der Waals surface area contributed by atoms with Crippen LogP contribution in [0.5, 0.6) is 0 Å². The second kappa shape index (κ2) is 5.76. The van der Waals surface area contributed by atoms with Gasteiger partial charge in [-0.1, -0.05) is 0 Å². The number of nitrogens with zero attached hydrogens (tertiary/aromatic N) is 4. The molecule has 0 amide bonds. The van der Waals surface area contributed by atoms with Gasteiger partial charge in [0.05, 0.1) is 12.9 Å². The third-order valence-corrected chi connectivity index (χ3v) is 3.93. The maximum Gasteiger partial charge on any atom is 0.470 e. The highest BCUT2D eigenvalue weighted by Crippen LogP contribution is 2.44. The largest absolute Gasteiger partial charge is 0.470 e. The second-order valence-electron chi connectivity index (χ2n) is 4.88. The molecule has 0 spiro atoms. The van der Waals surface area contributed by atoms with Gasteiger partial charge in [-0.2, -0.15) is 0 Å². The Balaban J connectivity index is 1.96. The number of aliphatic hydroxyl groups excluding tert-OH is 2. The van der Waals surface area contributed by atoms with Gasteiger partial charge in [0.25, 0.3) is 0 Å². The zero-order valence-electron chi connectivity index (χ0n) is 11.5. The van der Waals surface area contributed by atoms with Crippen molar-refractivity contribution < 1.29 is 33.8 Å². The zero-order chi connectivity index (χ0) is 16.8. The molecule has 6 N–H and O–H groups in total. The van der Waals surface area contributed by atoms with E-state index >= 15 is 0 Å². The predicted molar refractivity (Wildman–Crippen MR) is 73.7 cm³/mol. The summed E-state index contributed by atoms with van der Waals surface area (Å²) in [6.07, 6.45) is -2.68. The monoisotopic (exact) mass is 347 g/mol. The minimum atomic E-state index is -4.88. The van der Waals surface area contributed by atoms with Gasteiger partial charge >= 0.3 is 7.82 Å². The summed E-state index contributed by atoms with van der Waals surface area (Å²) in [5, 5.41) is 19.6. The Morgan fingerprint density at radius 1 is 1.39 bits per heavy atom. The van der Waals surface area contributed by atoms with Crippen LogP contribution in [0.15, 0.2) is 12.7 Å². The molecular formula is C10H14N5O7P. The van der Waals surface area contributed by atoms with Crippen molar-refractivity contribution in [3.8, 4) is 0 Å². The Hall–Kier alpha value is -1.66. The van der Waals surface area contributed by atoms with Crippen molar-refractivity contribution in [1.29, 1.82) is 0 Å². The number of imidazole rings is 1. The molecule has 3 heterocycles. The quantitative estimate of drug-likeness (QED) is 0.390. The summed E-state index contributed by atoms with van der Waals surface area (Å²) in [6.45, 7) is -0.609. The summed E-state index contributed by atoms with van der Waals surface area (Å²) >= 11 is 0. The Bertz CT molecular complexity index is 763. The molecule has 126 valence electrons. The summed E-state index contributed by atoms with van der Waals surface area (Å²) < 4.78 is 22.3. The Labute approximate surface area is 128 Å². The molecule has 1 aliphatic heterocycles. The predicted octanol–water partition coefficient (Wildman–Crippen LogP) is -1.86. The van der Waals surface area contributed by atoms with E-state index in [9.17, 15) is 14.8 Å². The average molecular weight is 347 g/mol. The van der Waals surface area contributed by atoms with Gasteiger partial charge in [0.15, 0.2) is 17.7 Å². The maximum absolute atomic E-state index is 11.0. The highest BCUT2D eigenvalue weighted by Gasteiger charge is 2.48. The molecule has 23 heavy (non-hydrogen) atoms. The summed E-state index contributed by atoms with van der Waals surface area (Å²) in [7, 11) is -4.88. The van der Waals surface area contributed by atoms with Crippen LogP contribution in [0.3, 0.4) is 0 Å². The summed E-state index contributed by atoms with van der Waals surface area (Å²) in [5.74, 6) is 0.128. The number of nitrogen functional groups attached to an aromatic ring is 1. The minimum Gasteiger partial charge on any atom is -0.394 e. The van der Waals surface area contributed by atoms with E-state index in [1.807, 2.05) is 0 Å². The number of aromatic nitrogens is 4. The molecule has 0 radical (unpaired) electrons. The normalized spacial score (nSPS) is 28.5. The van der Waals surface area contributed by atoms with E-state index in [2.05, 4.69) is 19.5 Å². The van der Waals surface area contributed by atoms with Crippen molar-refractivity contribution in [3.05, 3.63) is 12.7 Å². The fraction of sp³-hybridized carbons (Fsp3) is 0.500. The molecule has 1 saturated heterocycles. The summed E-state index contributed by atoms with van der Waals surface area (Å²) in [6, 6.07) is 0. The van der Waals surface area contributed by atoms with E-state index in [0.29, 0.717) is 0 Å². The lowest BCUT2D eigenvalue weighted by molar-refractivity contribution is -0.0509. The molecule has 12 nitrogen and oxygen atoms in total. The smallest absolute Gasteiger partial charge is 0.394 e. The number of phosphoric ester groups is 1. The minimum absolute atomic E-state index is 0.128. The number of rotatable bonds is 4. The van der Waals surface area contributed by atoms with E-state index in [-0.39, 0.29) is 17.0 Å². The van der Waals surface area contributed by atoms with Crippen LogP contribution >= 0.6 is 7.82 Å². The number of hydrogen-bond acceptors (Lipinski definition) is 9. The Kier molecular flexibility index (Phi) is 4.06. The molecule has 1 fully saturated rings. The third-order valence-electron chi connectivity index (χ3n) is 3.41. The standard InChI is InChI=1S/C10H14N5O7P/c11-8-5-9(13-2-12-8)15(3-14-5)10-6(17)7(4(1-16)21-10)22-23(18,19)20/h2-4,6-7,10,16-17H,1H2,(H2,11,12,13)(H2,18,19,20)/t4-,6?,7?,10-/m1/s1. The van der Waals surface area contributed by atoms with Crippen LogP contribution in [0, 0.1) is 0 Å². The van der Waals surface area contributed by atoms with Crippen molar-refractivity contribution in [1.82, 2.24) is 19.5 Å². The van der Waals surface area contributed by atoms with E-state index in [1.165, 1.54) is 17.2 Å². The number of anilines is 1. The van der Waals surface area contributed by atoms with E-state index in [0.717, 1.165) is 0 Å². The molecule has 4 atom stereocenters. The van der Waals surface area contributed by atoms with Gasteiger partial charge in [-0.25, -0.2) is 19.5 Å². The molecule has 0 bridgehead atoms. The maximum atomic E-state index is 11.0. The van der Waals surface area contributed by atoms with Crippen molar-refractivity contribution in [3.63, 3.8) is 0 Å². The molecule has 0 aliphatic carbocycles. The molecular weight excluding hydrogens is 333 g/mol. The highest BCUT2D eigenvalue weighted by molar-refractivity contribution is 7.46. The molecule has 0 aromatic carbocycles. The van der Waals surface area contributed by atoms with Crippen LogP contribution in [0.2, 0.25) is 0 Å². The highest BCUT2D eigenvalue weighted by atomic mass is 31.2. The first-order valence-corrected chi connectivity index (χ1v) is 7.96. The van der Waals surface area contributed by atoms with E-state index in [1.54, 1.807) is 0 Å². The lowest BCUT2D eigenvalue weighted by Crippen LogP contribution is -2.35. The van der Waals surface area contributed by atoms with Gasteiger partial charge in [0, 0.05) is 0 Å². The van der Waals surface area contributed by atoms with Gasteiger partial charge < -0.3 is 30.5 Å². The second-order valence-corrected chi connectivity index (χ2v) is 6.07. The van der Waals surface area contributed by atoms with Crippen molar-refractivity contribution in [2.24, 2.45) is 0 Å². The van der Waals surface area contributed by atoms with Crippen molar-refractivity contribution >= 4 is 24.8 Å². The van der Waals surface area contributed by atoms with Gasteiger partial charge in [0.2, 0.25) is 0 Å². The van der Waals surface area contributed by atoms with Gasteiger partial charge in [-0.3, -0.25) is 9.09 Å².